The van der Waals surface area contributed by atoms with E-state index in [1.54, 1.807) is 28.3 Å². The molecule has 0 atom stereocenters. The molecule has 80 valence electrons. The molecule has 0 aliphatic carbocycles. The van der Waals surface area contributed by atoms with E-state index in [1.165, 1.54) is 12.3 Å². The molecule has 2 aromatic rings. The Morgan fingerprint density at radius 3 is 2.88 bits per heavy atom. The Kier molecular flexibility index (Phi) is 1.91. The summed E-state index contributed by atoms with van der Waals surface area (Å²) in [4.78, 5) is 16.5. The minimum absolute atomic E-state index is 0.0101. The van der Waals surface area contributed by atoms with Gasteiger partial charge < -0.3 is 4.84 Å². The van der Waals surface area contributed by atoms with Gasteiger partial charge >= 0.3 is 0 Å². The summed E-state index contributed by atoms with van der Waals surface area (Å²) in [6.45, 7) is 0. The molecule has 5 nitrogen and oxygen atoms in total. The minimum Gasteiger partial charge on any atom is -0.394 e. The van der Waals surface area contributed by atoms with Crippen LogP contribution in [-0.2, 0) is 4.84 Å². The van der Waals surface area contributed by atoms with Crippen LogP contribution in [0, 0.1) is 0 Å². The molecule has 1 aromatic heterocycles. The van der Waals surface area contributed by atoms with Crippen LogP contribution >= 0.6 is 0 Å². The fourth-order valence-corrected chi connectivity index (χ4v) is 1.70. The Hall–Kier alpha value is -2.27. The second-order valence-corrected chi connectivity index (χ2v) is 3.38. The maximum Gasteiger partial charge on any atom is 0.189 e. The lowest BCUT2D eigenvalue weighted by molar-refractivity contribution is 0.141. The maximum absolute atomic E-state index is 11.6. The van der Waals surface area contributed by atoms with Crippen LogP contribution in [0.15, 0.2) is 53.8 Å². The van der Waals surface area contributed by atoms with E-state index in [9.17, 15) is 4.79 Å². The zero-order valence-electron chi connectivity index (χ0n) is 8.33. The first-order valence-corrected chi connectivity index (χ1v) is 4.84. The van der Waals surface area contributed by atoms with Crippen molar-refractivity contribution in [3.8, 4) is 0 Å². The van der Waals surface area contributed by atoms with E-state index in [4.69, 9.17) is 4.84 Å². The summed E-state index contributed by atoms with van der Waals surface area (Å²) in [5.74, 6) is 0. The van der Waals surface area contributed by atoms with Gasteiger partial charge in [-0.25, -0.2) is 4.68 Å². The topological polar surface area (TPSA) is 46.5 Å². The molecular formula is C11H9N3O2. The van der Waals surface area contributed by atoms with Crippen molar-refractivity contribution in [3.05, 3.63) is 59.2 Å². The molecule has 16 heavy (non-hydrogen) atoms. The Balaban J connectivity index is 2.29. The number of hydrogen-bond acceptors (Lipinski definition) is 4. The van der Waals surface area contributed by atoms with Crippen LogP contribution in [0.5, 0.6) is 0 Å². The van der Waals surface area contributed by atoms with E-state index in [2.05, 4.69) is 5.59 Å². The molecule has 0 spiro atoms. The highest BCUT2D eigenvalue weighted by molar-refractivity contribution is 5.78. The lowest BCUT2D eigenvalue weighted by Gasteiger charge is -2.19. The average Bonchev–Trinajstić information content (AvgIpc) is 2.83. The van der Waals surface area contributed by atoms with Gasteiger partial charge in [-0.1, -0.05) is 12.1 Å². The van der Waals surface area contributed by atoms with Gasteiger partial charge in [0, 0.05) is 17.6 Å². The van der Waals surface area contributed by atoms with Crippen LogP contribution in [-0.4, -0.2) is 4.68 Å². The monoisotopic (exact) mass is 215 g/mol. The normalized spacial score (nSPS) is 14.4. The molecule has 0 amide bonds. The first-order valence-electron chi connectivity index (χ1n) is 4.84. The van der Waals surface area contributed by atoms with Crippen molar-refractivity contribution in [1.82, 2.24) is 10.3 Å². The zero-order chi connectivity index (χ0) is 11.0. The molecule has 1 aliphatic rings. The quantitative estimate of drug-likeness (QED) is 0.766. The van der Waals surface area contributed by atoms with Crippen molar-refractivity contribution in [1.29, 1.82) is 0 Å². The largest absolute Gasteiger partial charge is 0.394 e. The van der Waals surface area contributed by atoms with E-state index in [-0.39, 0.29) is 5.43 Å². The summed E-state index contributed by atoms with van der Waals surface area (Å²) in [5.41, 5.74) is 3.50. The zero-order valence-corrected chi connectivity index (χ0v) is 8.33. The highest BCUT2D eigenvalue weighted by atomic mass is 16.7. The van der Waals surface area contributed by atoms with Gasteiger partial charge in [-0.15, -0.1) is 0 Å². The average molecular weight is 215 g/mol. The highest BCUT2D eigenvalue weighted by Crippen LogP contribution is 2.10. The molecule has 0 saturated carbocycles. The summed E-state index contributed by atoms with van der Waals surface area (Å²) in [6, 6.07) is 8.94. The molecule has 0 bridgehead atoms. The fraction of sp³-hybridized carbons (Fsp3) is 0. The number of para-hydroxylation sites is 1. The van der Waals surface area contributed by atoms with Gasteiger partial charge in [0.05, 0.1) is 11.7 Å². The molecule has 5 heteroatoms. The molecule has 0 fully saturated rings. The van der Waals surface area contributed by atoms with Gasteiger partial charge in [0.2, 0.25) is 0 Å². The van der Waals surface area contributed by atoms with Crippen molar-refractivity contribution in [2.24, 2.45) is 0 Å². The number of fused-ring (bicyclic) bond motifs is 1. The number of pyridine rings is 1. The van der Waals surface area contributed by atoms with E-state index in [0.29, 0.717) is 5.39 Å². The summed E-state index contributed by atoms with van der Waals surface area (Å²) >= 11 is 0. The van der Waals surface area contributed by atoms with Gasteiger partial charge in [0.25, 0.3) is 0 Å². The van der Waals surface area contributed by atoms with E-state index < -0.39 is 0 Å². The number of hydrogen-bond donors (Lipinski definition) is 1. The third kappa shape index (κ3) is 1.26. The lowest BCUT2D eigenvalue weighted by Crippen LogP contribution is -2.38. The summed E-state index contributed by atoms with van der Waals surface area (Å²) in [5, 5.41) is 2.31. The standard InChI is InChI=1S/C11H9N3O2/c15-11-5-6-13(14-7-8-16-12-14)10-4-2-1-3-9(10)11/h1-8,12H. The van der Waals surface area contributed by atoms with Gasteiger partial charge in [-0.2, -0.15) is 5.12 Å². The molecule has 0 radical (unpaired) electrons. The van der Waals surface area contributed by atoms with Gasteiger partial charge in [0.15, 0.2) is 5.43 Å². The second-order valence-electron chi connectivity index (χ2n) is 3.38. The predicted molar refractivity (Wildman–Crippen MR) is 59.8 cm³/mol. The number of nitrogens with one attached hydrogen (secondary N) is 1. The van der Waals surface area contributed by atoms with Gasteiger partial charge in [-0.3, -0.25) is 4.79 Å². The molecule has 1 aliphatic heterocycles. The first kappa shape index (κ1) is 8.99. The van der Waals surface area contributed by atoms with Crippen LogP contribution < -0.4 is 16.1 Å². The SMILES string of the molecule is O=c1ccn(N2C=CON2)c2ccccc12. The Labute approximate surface area is 91.1 Å². The molecular weight excluding hydrogens is 206 g/mol. The van der Waals surface area contributed by atoms with Crippen LogP contribution in [0.3, 0.4) is 0 Å². The maximum atomic E-state index is 11.6. The van der Waals surface area contributed by atoms with Crippen molar-refractivity contribution < 1.29 is 4.84 Å². The second kappa shape index (κ2) is 3.39. The molecule has 0 unspecified atom stereocenters. The molecule has 0 saturated heterocycles. The number of nitrogens with zero attached hydrogens (tertiary/aromatic N) is 2. The van der Waals surface area contributed by atoms with E-state index in [1.807, 2.05) is 18.2 Å². The molecule has 1 N–H and O–H groups in total. The van der Waals surface area contributed by atoms with Crippen LogP contribution in [0.25, 0.3) is 10.9 Å². The third-order valence-corrected chi connectivity index (χ3v) is 2.43. The highest BCUT2D eigenvalue weighted by Gasteiger charge is 2.09. The molecule has 3 rings (SSSR count). The predicted octanol–water partition coefficient (Wildman–Crippen LogP) is 0.860. The lowest BCUT2D eigenvalue weighted by atomic mass is 10.2. The van der Waals surface area contributed by atoms with Gasteiger partial charge in [0.1, 0.15) is 6.26 Å². The number of rotatable bonds is 1. The van der Waals surface area contributed by atoms with Crippen molar-refractivity contribution in [2.75, 3.05) is 5.12 Å². The fourth-order valence-electron chi connectivity index (χ4n) is 1.70. The first-order chi connectivity index (χ1) is 7.86. The van der Waals surface area contributed by atoms with Gasteiger partial charge in [-0.05, 0) is 17.7 Å². The number of hydrazine groups is 1. The minimum atomic E-state index is 0.0101. The summed E-state index contributed by atoms with van der Waals surface area (Å²) in [6.07, 6.45) is 4.93. The summed E-state index contributed by atoms with van der Waals surface area (Å²) < 4.78 is 1.79. The van der Waals surface area contributed by atoms with Crippen LogP contribution in [0.4, 0.5) is 0 Å². The Bertz CT molecular complexity index is 618. The third-order valence-electron chi connectivity index (χ3n) is 2.43. The smallest absolute Gasteiger partial charge is 0.189 e. The molecule has 2 heterocycles. The van der Waals surface area contributed by atoms with Crippen molar-refractivity contribution in [2.45, 2.75) is 0 Å². The van der Waals surface area contributed by atoms with Crippen molar-refractivity contribution >= 4 is 10.9 Å². The van der Waals surface area contributed by atoms with E-state index in [0.717, 1.165) is 5.52 Å². The summed E-state index contributed by atoms with van der Waals surface area (Å²) in [7, 11) is 0. The van der Waals surface area contributed by atoms with E-state index >= 15 is 0 Å². The Morgan fingerprint density at radius 1 is 1.19 bits per heavy atom. The molecule has 1 aromatic carbocycles. The number of aromatic nitrogens is 1. The van der Waals surface area contributed by atoms with Crippen LogP contribution in [0.2, 0.25) is 0 Å². The Morgan fingerprint density at radius 2 is 2.06 bits per heavy atom. The van der Waals surface area contributed by atoms with Crippen LogP contribution in [0.1, 0.15) is 0 Å². The van der Waals surface area contributed by atoms with Crippen molar-refractivity contribution in [3.63, 3.8) is 0 Å². The number of benzene rings is 1.